The molecule has 1 atom stereocenters. The van der Waals surface area contributed by atoms with E-state index >= 15 is 0 Å². The number of hydrogen-bond acceptors (Lipinski definition) is 2. The van der Waals surface area contributed by atoms with Gasteiger partial charge in [0.05, 0.1) is 6.61 Å². The average Bonchev–Trinajstić information content (AvgIpc) is 2.29. The van der Waals surface area contributed by atoms with E-state index in [2.05, 4.69) is 6.07 Å². The van der Waals surface area contributed by atoms with Crippen molar-refractivity contribution in [1.29, 1.82) is 0 Å². The number of ether oxygens (including phenoxy) is 1. The Kier molecular flexibility index (Phi) is 2.88. The predicted molar refractivity (Wildman–Crippen MR) is 61.1 cm³/mol. The maximum absolute atomic E-state index is 8.88. The molecule has 15 heavy (non-hydrogen) atoms. The number of aliphatic hydroxyl groups is 1. The molecule has 0 aliphatic rings. The van der Waals surface area contributed by atoms with Crippen LogP contribution in [0, 0.1) is 0 Å². The standard InChI is InChI=1S/C13H14O2/c1-10(9-14)15-13-7-6-11-4-2-3-5-12(11)8-13/h2-8,10,14H,9H2,1H3/t10-/m0/s1. The van der Waals surface area contributed by atoms with Crippen molar-refractivity contribution in [3.63, 3.8) is 0 Å². The van der Waals surface area contributed by atoms with Gasteiger partial charge in [0.1, 0.15) is 11.9 Å². The molecular formula is C13H14O2. The second-order valence-electron chi connectivity index (χ2n) is 3.62. The van der Waals surface area contributed by atoms with Gasteiger partial charge >= 0.3 is 0 Å². The summed E-state index contributed by atoms with van der Waals surface area (Å²) in [5, 5.41) is 11.2. The van der Waals surface area contributed by atoms with Crippen LogP contribution in [0.25, 0.3) is 10.8 Å². The van der Waals surface area contributed by atoms with Crippen LogP contribution in [-0.4, -0.2) is 17.8 Å². The van der Waals surface area contributed by atoms with Gasteiger partial charge in [-0.15, -0.1) is 0 Å². The monoisotopic (exact) mass is 202 g/mol. The third-order valence-electron chi connectivity index (χ3n) is 2.32. The molecule has 1 N–H and O–H groups in total. The Balaban J connectivity index is 2.30. The van der Waals surface area contributed by atoms with Crippen LogP contribution < -0.4 is 4.74 Å². The van der Waals surface area contributed by atoms with Crippen LogP contribution in [0.2, 0.25) is 0 Å². The predicted octanol–water partition coefficient (Wildman–Crippen LogP) is 2.60. The maximum Gasteiger partial charge on any atom is 0.120 e. The molecule has 0 saturated heterocycles. The first-order chi connectivity index (χ1) is 7.29. The summed E-state index contributed by atoms with van der Waals surface area (Å²) in [5.74, 6) is 0.801. The van der Waals surface area contributed by atoms with Crippen LogP contribution in [0.3, 0.4) is 0 Å². The van der Waals surface area contributed by atoms with Gasteiger partial charge in [-0.05, 0) is 29.8 Å². The number of aliphatic hydroxyl groups excluding tert-OH is 1. The molecule has 2 rings (SSSR count). The topological polar surface area (TPSA) is 29.5 Å². The summed E-state index contributed by atoms with van der Waals surface area (Å²) in [6.45, 7) is 1.88. The molecule has 0 unspecified atom stereocenters. The van der Waals surface area contributed by atoms with E-state index in [1.54, 1.807) is 0 Å². The third kappa shape index (κ3) is 2.28. The Morgan fingerprint density at radius 1 is 1.13 bits per heavy atom. The Bertz CT molecular complexity index is 451. The fourth-order valence-electron chi connectivity index (χ4n) is 1.51. The lowest BCUT2D eigenvalue weighted by atomic mass is 10.1. The molecule has 0 radical (unpaired) electrons. The van der Waals surface area contributed by atoms with Gasteiger partial charge in [-0.1, -0.05) is 30.3 Å². The van der Waals surface area contributed by atoms with Gasteiger partial charge in [0, 0.05) is 0 Å². The van der Waals surface area contributed by atoms with Crippen molar-refractivity contribution in [1.82, 2.24) is 0 Å². The zero-order valence-electron chi connectivity index (χ0n) is 8.68. The molecule has 78 valence electrons. The van der Waals surface area contributed by atoms with Crippen LogP contribution in [-0.2, 0) is 0 Å². The highest BCUT2D eigenvalue weighted by molar-refractivity contribution is 5.83. The minimum Gasteiger partial charge on any atom is -0.488 e. The van der Waals surface area contributed by atoms with Gasteiger partial charge in [-0.2, -0.15) is 0 Å². The first-order valence-corrected chi connectivity index (χ1v) is 5.06. The van der Waals surface area contributed by atoms with Crippen molar-refractivity contribution < 1.29 is 9.84 Å². The SMILES string of the molecule is C[C@@H](CO)Oc1ccc2ccccc2c1. The number of hydrogen-bond donors (Lipinski definition) is 1. The lowest BCUT2D eigenvalue weighted by Gasteiger charge is -2.12. The summed E-state index contributed by atoms with van der Waals surface area (Å²) in [6.07, 6.45) is -0.161. The third-order valence-corrected chi connectivity index (χ3v) is 2.32. The highest BCUT2D eigenvalue weighted by Crippen LogP contribution is 2.21. The minimum absolute atomic E-state index is 0.0346. The smallest absolute Gasteiger partial charge is 0.120 e. The van der Waals surface area contributed by atoms with E-state index in [-0.39, 0.29) is 12.7 Å². The summed E-state index contributed by atoms with van der Waals surface area (Å²) < 4.78 is 5.52. The molecule has 2 aromatic carbocycles. The second kappa shape index (κ2) is 4.32. The van der Waals surface area contributed by atoms with Gasteiger partial charge in [0.2, 0.25) is 0 Å². The Labute approximate surface area is 89.1 Å². The molecule has 0 saturated carbocycles. The van der Waals surface area contributed by atoms with Gasteiger partial charge < -0.3 is 9.84 Å². The molecule has 0 aliphatic heterocycles. The summed E-state index contributed by atoms with van der Waals surface area (Å²) in [6, 6.07) is 14.1. The van der Waals surface area contributed by atoms with E-state index in [0.717, 1.165) is 11.1 Å². The number of fused-ring (bicyclic) bond motifs is 1. The molecule has 0 fully saturated rings. The van der Waals surface area contributed by atoms with Crippen molar-refractivity contribution in [3.8, 4) is 5.75 Å². The summed E-state index contributed by atoms with van der Waals surface area (Å²) in [4.78, 5) is 0. The molecule has 0 spiro atoms. The van der Waals surface area contributed by atoms with Crippen molar-refractivity contribution in [2.75, 3.05) is 6.61 Å². The van der Waals surface area contributed by atoms with E-state index in [0.29, 0.717) is 0 Å². The molecule has 0 bridgehead atoms. The number of benzene rings is 2. The first-order valence-electron chi connectivity index (χ1n) is 5.06. The van der Waals surface area contributed by atoms with Crippen molar-refractivity contribution in [2.24, 2.45) is 0 Å². The van der Waals surface area contributed by atoms with Gasteiger partial charge in [0.25, 0.3) is 0 Å². The Morgan fingerprint density at radius 2 is 1.87 bits per heavy atom. The second-order valence-corrected chi connectivity index (χ2v) is 3.62. The lowest BCUT2D eigenvalue weighted by molar-refractivity contribution is 0.130. The average molecular weight is 202 g/mol. The quantitative estimate of drug-likeness (QED) is 0.829. The van der Waals surface area contributed by atoms with E-state index in [4.69, 9.17) is 9.84 Å². The van der Waals surface area contributed by atoms with Gasteiger partial charge in [-0.3, -0.25) is 0 Å². The Morgan fingerprint density at radius 3 is 2.60 bits per heavy atom. The molecule has 0 aromatic heterocycles. The highest BCUT2D eigenvalue weighted by atomic mass is 16.5. The minimum atomic E-state index is -0.161. The van der Waals surface area contributed by atoms with Crippen LogP contribution in [0.1, 0.15) is 6.92 Å². The molecule has 0 aliphatic carbocycles. The van der Waals surface area contributed by atoms with E-state index in [9.17, 15) is 0 Å². The molecule has 2 nitrogen and oxygen atoms in total. The molecular weight excluding hydrogens is 188 g/mol. The van der Waals surface area contributed by atoms with Gasteiger partial charge in [-0.25, -0.2) is 0 Å². The van der Waals surface area contributed by atoms with Crippen molar-refractivity contribution >= 4 is 10.8 Å². The van der Waals surface area contributed by atoms with Crippen LogP contribution in [0.4, 0.5) is 0 Å². The van der Waals surface area contributed by atoms with Gasteiger partial charge in [0.15, 0.2) is 0 Å². The summed E-state index contributed by atoms with van der Waals surface area (Å²) >= 11 is 0. The van der Waals surface area contributed by atoms with E-state index in [1.807, 2.05) is 43.3 Å². The maximum atomic E-state index is 8.88. The van der Waals surface area contributed by atoms with Crippen molar-refractivity contribution in [3.05, 3.63) is 42.5 Å². The molecule has 0 heterocycles. The molecule has 2 aromatic rings. The van der Waals surface area contributed by atoms with Crippen molar-refractivity contribution in [2.45, 2.75) is 13.0 Å². The fourth-order valence-corrected chi connectivity index (χ4v) is 1.51. The zero-order valence-corrected chi connectivity index (χ0v) is 8.68. The lowest BCUT2D eigenvalue weighted by Crippen LogP contribution is -2.15. The first kappa shape index (κ1) is 9.99. The van der Waals surface area contributed by atoms with E-state index < -0.39 is 0 Å². The highest BCUT2D eigenvalue weighted by Gasteiger charge is 2.02. The zero-order chi connectivity index (χ0) is 10.7. The normalized spacial score (nSPS) is 12.7. The van der Waals surface area contributed by atoms with Crippen LogP contribution in [0.15, 0.2) is 42.5 Å². The number of rotatable bonds is 3. The van der Waals surface area contributed by atoms with E-state index in [1.165, 1.54) is 5.39 Å². The van der Waals surface area contributed by atoms with Crippen LogP contribution in [0.5, 0.6) is 5.75 Å². The summed E-state index contributed by atoms with van der Waals surface area (Å²) in [7, 11) is 0. The Hall–Kier alpha value is -1.54. The van der Waals surface area contributed by atoms with Crippen LogP contribution >= 0.6 is 0 Å². The molecule has 2 heteroatoms. The fraction of sp³-hybridized carbons (Fsp3) is 0.231. The summed E-state index contributed by atoms with van der Waals surface area (Å²) in [5.41, 5.74) is 0. The molecule has 0 amide bonds. The largest absolute Gasteiger partial charge is 0.488 e.